The van der Waals surface area contributed by atoms with Gasteiger partial charge in [-0.05, 0) is 43.7 Å². The molecule has 1 aliphatic heterocycles. The molecular formula is C12H17Cl2NOS. The summed E-state index contributed by atoms with van der Waals surface area (Å²) in [5, 5.41) is 0. The van der Waals surface area contributed by atoms with Crippen LogP contribution in [-0.4, -0.2) is 12.7 Å². The summed E-state index contributed by atoms with van der Waals surface area (Å²) in [6, 6.07) is 1.87. The predicted molar refractivity (Wildman–Crippen MR) is 74.1 cm³/mol. The molecule has 96 valence electrons. The molecule has 1 aliphatic rings. The molecule has 0 bridgehead atoms. The van der Waals surface area contributed by atoms with Crippen molar-refractivity contribution in [2.45, 2.75) is 44.2 Å². The Labute approximate surface area is 116 Å². The summed E-state index contributed by atoms with van der Waals surface area (Å²) in [7, 11) is 0. The molecule has 1 saturated heterocycles. The molecule has 2 heterocycles. The first-order chi connectivity index (χ1) is 8.16. The van der Waals surface area contributed by atoms with Crippen LogP contribution in [-0.2, 0) is 4.74 Å². The van der Waals surface area contributed by atoms with Crippen molar-refractivity contribution < 1.29 is 4.74 Å². The van der Waals surface area contributed by atoms with Crippen LogP contribution in [0.1, 0.15) is 43.7 Å². The number of hydrogen-bond acceptors (Lipinski definition) is 3. The molecule has 0 amide bonds. The highest BCUT2D eigenvalue weighted by atomic mass is 35.5. The van der Waals surface area contributed by atoms with Gasteiger partial charge in [0, 0.05) is 12.6 Å². The SMILES string of the molecule is NC(CCCC1CCCO1)c1cc(Cl)sc1Cl. The van der Waals surface area contributed by atoms with Crippen molar-refractivity contribution in [2.24, 2.45) is 5.73 Å². The summed E-state index contributed by atoms with van der Waals surface area (Å²) < 4.78 is 7.01. The van der Waals surface area contributed by atoms with Crippen LogP contribution < -0.4 is 5.73 Å². The Bertz CT molecular complexity index is 363. The van der Waals surface area contributed by atoms with Gasteiger partial charge < -0.3 is 10.5 Å². The lowest BCUT2D eigenvalue weighted by molar-refractivity contribution is 0.101. The predicted octanol–water partition coefficient (Wildman–Crippen LogP) is 4.40. The van der Waals surface area contributed by atoms with Crippen LogP contribution in [0.4, 0.5) is 0 Å². The van der Waals surface area contributed by atoms with Crippen molar-refractivity contribution in [3.63, 3.8) is 0 Å². The average Bonchev–Trinajstić information content (AvgIpc) is 2.88. The monoisotopic (exact) mass is 293 g/mol. The normalized spacial score (nSPS) is 21.9. The smallest absolute Gasteiger partial charge is 0.0991 e. The van der Waals surface area contributed by atoms with E-state index < -0.39 is 0 Å². The topological polar surface area (TPSA) is 35.2 Å². The molecule has 0 radical (unpaired) electrons. The molecule has 1 fully saturated rings. The zero-order valence-corrected chi connectivity index (χ0v) is 12.0. The first-order valence-corrected chi connectivity index (χ1v) is 7.56. The van der Waals surface area contributed by atoms with Crippen molar-refractivity contribution >= 4 is 34.5 Å². The molecule has 2 N–H and O–H groups in total. The Morgan fingerprint density at radius 2 is 2.35 bits per heavy atom. The quantitative estimate of drug-likeness (QED) is 0.873. The second-order valence-corrected chi connectivity index (χ2v) is 6.74. The third-order valence-corrected chi connectivity index (χ3v) is 4.67. The minimum atomic E-state index is -0.00680. The average molecular weight is 294 g/mol. The molecule has 2 atom stereocenters. The maximum Gasteiger partial charge on any atom is 0.0991 e. The third-order valence-electron chi connectivity index (χ3n) is 3.15. The summed E-state index contributed by atoms with van der Waals surface area (Å²) >= 11 is 13.4. The highest BCUT2D eigenvalue weighted by molar-refractivity contribution is 7.20. The van der Waals surface area contributed by atoms with E-state index in [2.05, 4.69) is 0 Å². The number of nitrogens with two attached hydrogens (primary N) is 1. The Balaban J connectivity index is 1.76. The van der Waals surface area contributed by atoms with E-state index in [1.54, 1.807) is 0 Å². The van der Waals surface area contributed by atoms with Gasteiger partial charge in [-0.2, -0.15) is 0 Å². The Morgan fingerprint density at radius 3 is 2.94 bits per heavy atom. The van der Waals surface area contributed by atoms with Crippen LogP contribution >= 0.6 is 34.5 Å². The van der Waals surface area contributed by atoms with Gasteiger partial charge in [-0.3, -0.25) is 0 Å². The maximum atomic E-state index is 6.12. The molecule has 0 aromatic carbocycles. The molecular weight excluding hydrogens is 277 g/mol. The molecule has 0 saturated carbocycles. The highest BCUT2D eigenvalue weighted by Crippen LogP contribution is 2.35. The van der Waals surface area contributed by atoms with Crippen LogP contribution in [0.25, 0.3) is 0 Å². The molecule has 5 heteroatoms. The molecule has 1 aromatic rings. The summed E-state index contributed by atoms with van der Waals surface area (Å²) in [4.78, 5) is 0. The van der Waals surface area contributed by atoms with Gasteiger partial charge in [0.25, 0.3) is 0 Å². The van der Waals surface area contributed by atoms with Crippen LogP contribution in [0, 0.1) is 0 Å². The lowest BCUT2D eigenvalue weighted by atomic mass is 10.0. The van der Waals surface area contributed by atoms with Crippen LogP contribution in [0.5, 0.6) is 0 Å². The molecule has 17 heavy (non-hydrogen) atoms. The molecule has 2 unspecified atom stereocenters. The van der Waals surface area contributed by atoms with Gasteiger partial charge in [-0.15, -0.1) is 11.3 Å². The Morgan fingerprint density at radius 1 is 1.53 bits per heavy atom. The van der Waals surface area contributed by atoms with E-state index in [0.717, 1.165) is 35.8 Å². The second kappa shape index (κ2) is 6.39. The first kappa shape index (κ1) is 13.6. The van der Waals surface area contributed by atoms with Crippen LogP contribution in [0.15, 0.2) is 6.07 Å². The van der Waals surface area contributed by atoms with Crippen molar-refractivity contribution in [1.29, 1.82) is 0 Å². The fraction of sp³-hybridized carbons (Fsp3) is 0.667. The Hall–Kier alpha value is 0.200. The zero-order chi connectivity index (χ0) is 12.3. The van der Waals surface area contributed by atoms with Crippen LogP contribution in [0.3, 0.4) is 0 Å². The van der Waals surface area contributed by atoms with Gasteiger partial charge in [-0.25, -0.2) is 0 Å². The number of hydrogen-bond donors (Lipinski definition) is 1. The number of thiophene rings is 1. The van der Waals surface area contributed by atoms with Crippen molar-refractivity contribution in [1.82, 2.24) is 0 Å². The number of ether oxygens (including phenoxy) is 1. The number of halogens is 2. The van der Waals surface area contributed by atoms with Gasteiger partial charge in [0.05, 0.1) is 14.8 Å². The maximum absolute atomic E-state index is 6.12. The molecule has 0 spiro atoms. The van der Waals surface area contributed by atoms with Gasteiger partial charge in [-0.1, -0.05) is 23.2 Å². The molecule has 1 aromatic heterocycles. The second-order valence-electron chi connectivity index (χ2n) is 4.45. The van der Waals surface area contributed by atoms with E-state index in [1.807, 2.05) is 6.07 Å². The zero-order valence-electron chi connectivity index (χ0n) is 9.62. The van der Waals surface area contributed by atoms with E-state index in [9.17, 15) is 0 Å². The summed E-state index contributed by atoms with van der Waals surface area (Å²) in [6.45, 7) is 0.919. The van der Waals surface area contributed by atoms with E-state index in [1.165, 1.54) is 24.2 Å². The van der Waals surface area contributed by atoms with Gasteiger partial charge in [0.1, 0.15) is 0 Å². The van der Waals surface area contributed by atoms with E-state index in [0.29, 0.717) is 10.4 Å². The van der Waals surface area contributed by atoms with Gasteiger partial charge in [0.2, 0.25) is 0 Å². The fourth-order valence-electron chi connectivity index (χ4n) is 2.20. The van der Waals surface area contributed by atoms with Crippen molar-refractivity contribution in [2.75, 3.05) is 6.61 Å². The molecule has 2 nitrogen and oxygen atoms in total. The third kappa shape index (κ3) is 3.83. The van der Waals surface area contributed by atoms with Crippen molar-refractivity contribution in [3.8, 4) is 0 Å². The summed E-state index contributed by atoms with van der Waals surface area (Å²) in [5.74, 6) is 0. The van der Waals surface area contributed by atoms with Crippen LogP contribution in [0.2, 0.25) is 8.67 Å². The minimum Gasteiger partial charge on any atom is -0.378 e. The summed E-state index contributed by atoms with van der Waals surface area (Å²) in [5.41, 5.74) is 7.10. The lowest BCUT2D eigenvalue weighted by Crippen LogP contribution is -2.11. The fourth-order valence-corrected chi connectivity index (χ4v) is 3.80. The lowest BCUT2D eigenvalue weighted by Gasteiger charge is -2.13. The van der Waals surface area contributed by atoms with E-state index in [-0.39, 0.29) is 6.04 Å². The molecule has 0 aliphatic carbocycles. The highest BCUT2D eigenvalue weighted by Gasteiger charge is 2.17. The summed E-state index contributed by atoms with van der Waals surface area (Å²) in [6.07, 6.45) is 5.96. The van der Waals surface area contributed by atoms with E-state index in [4.69, 9.17) is 33.7 Å². The molecule has 2 rings (SSSR count). The standard InChI is InChI=1S/C12H17Cl2NOS/c13-11-7-9(12(14)17-11)10(15)5-1-3-8-4-2-6-16-8/h7-8,10H,1-6,15H2. The van der Waals surface area contributed by atoms with Gasteiger partial charge in [0.15, 0.2) is 0 Å². The first-order valence-electron chi connectivity index (χ1n) is 5.98. The van der Waals surface area contributed by atoms with E-state index >= 15 is 0 Å². The largest absolute Gasteiger partial charge is 0.378 e. The van der Waals surface area contributed by atoms with Crippen molar-refractivity contribution in [3.05, 3.63) is 20.3 Å². The Kier molecular flexibility index (Phi) is 5.12. The van der Waals surface area contributed by atoms with Gasteiger partial charge >= 0.3 is 0 Å². The minimum absolute atomic E-state index is 0.00680. The number of rotatable bonds is 5.